The van der Waals surface area contributed by atoms with E-state index in [1.54, 1.807) is 6.26 Å². The SMILES string of the molecule is CC(Cc1ccco1)NC(=O)Cc1nc(CCl)cs1. The highest BCUT2D eigenvalue weighted by Gasteiger charge is 2.12. The number of nitrogens with zero attached hydrogens (tertiary/aromatic N) is 1. The molecule has 4 nitrogen and oxygen atoms in total. The normalized spacial score (nSPS) is 12.3. The summed E-state index contributed by atoms with van der Waals surface area (Å²) in [6, 6.07) is 3.77. The number of nitrogens with one attached hydrogen (secondary N) is 1. The van der Waals surface area contributed by atoms with E-state index in [1.807, 2.05) is 24.4 Å². The first-order valence-corrected chi connectivity index (χ1v) is 7.39. The van der Waals surface area contributed by atoms with Gasteiger partial charge in [0.2, 0.25) is 5.91 Å². The maximum atomic E-state index is 11.8. The first-order valence-electron chi connectivity index (χ1n) is 5.98. The highest BCUT2D eigenvalue weighted by molar-refractivity contribution is 7.09. The van der Waals surface area contributed by atoms with Gasteiger partial charge in [0.1, 0.15) is 10.8 Å². The molecular weight excluding hydrogens is 284 g/mol. The lowest BCUT2D eigenvalue weighted by atomic mass is 10.2. The molecular formula is C13H15ClN2O2S. The van der Waals surface area contributed by atoms with Gasteiger partial charge in [-0.2, -0.15) is 0 Å². The summed E-state index contributed by atoms with van der Waals surface area (Å²) >= 11 is 7.13. The number of hydrogen-bond donors (Lipinski definition) is 1. The van der Waals surface area contributed by atoms with Crippen LogP contribution in [0.25, 0.3) is 0 Å². The molecule has 0 aromatic carbocycles. The Morgan fingerprint density at radius 1 is 1.63 bits per heavy atom. The molecule has 2 heterocycles. The molecule has 0 aliphatic carbocycles. The van der Waals surface area contributed by atoms with Crippen LogP contribution in [0.4, 0.5) is 0 Å². The molecule has 2 aromatic rings. The van der Waals surface area contributed by atoms with E-state index in [2.05, 4.69) is 10.3 Å². The van der Waals surface area contributed by atoms with Gasteiger partial charge in [-0.1, -0.05) is 0 Å². The van der Waals surface area contributed by atoms with Crippen molar-refractivity contribution >= 4 is 28.8 Å². The number of halogens is 1. The fourth-order valence-corrected chi connectivity index (χ4v) is 2.76. The Labute approximate surface area is 120 Å². The number of thiazole rings is 1. The first kappa shape index (κ1) is 14.1. The monoisotopic (exact) mass is 298 g/mol. The third kappa shape index (κ3) is 4.36. The Kier molecular flexibility index (Phi) is 4.99. The summed E-state index contributed by atoms with van der Waals surface area (Å²) in [5, 5.41) is 5.60. The van der Waals surface area contributed by atoms with Crippen molar-refractivity contribution in [2.75, 3.05) is 0 Å². The molecule has 0 bridgehead atoms. The second kappa shape index (κ2) is 6.73. The molecule has 19 heavy (non-hydrogen) atoms. The van der Waals surface area contributed by atoms with Crippen molar-refractivity contribution in [3.8, 4) is 0 Å². The summed E-state index contributed by atoms with van der Waals surface area (Å²) in [5.41, 5.74) is 0.818. The van der Waals surface area contributed by atoms with Crippen molar-refractivity contribution in [2.45, 2.75) is 31.7 Å². The molecule has 0 saturated carbocycles. The Hall–Kier alpha value is -1.33. The van der Waals surface area contributed by atoms with Gasteiger partial charge in [-0.3, -0.25) is 4.79 Å². The summed E-state index contributed by atoms with van der Waals surface area (Å²) < 4.78 is 5.25. The number of aromatic nitrogens is 1. The van der Waals surface area contributed by atoms with E-state index >= 15 is 0 Å². The van der Waals surface area contributed by atoms with Gasteiger partial charge in [0.25, 0.3) is 0 Å². The molecule has 2 rings (SSSR count). The lowest BCUT2D eigenvalue weighted by Gasteiger charge is -2.11. The molecule has 0 spiro atoms. The fourth-order valence-electron chi connectivity index (χ4n) is 1.74. The zero-order valence-electron chi connectivity index (χ0n) is 10.6. The summed E-state index contributed by atoms with van der Waals surface area (Å²) in [6.07, 6.45) is 2.61. The van der Waals surface area contributed by atoms with E-state index in [1.165, 1.54) is 11.3 Å². The zero-order chi connectivity index (χ0) is 13.7. The van der Waals surface area contributed by atoms with Crippen molar-refractivity contribution in [1.82, 2.24) is 10.3 Å². The van der Waals surface area contributed by atoms with Gasteiger partial charge in [-0.05, 0) is 19.1 Å². The molecule has 0 fully saturated rings. The largest absolute Gasteiger partial charge is 0.469 e. The van der Waals surface area contributed by atoms with Crippen molar-refractivity contribution in [3.05, 3.63) is 40.2 Å². The molecule has 0 radical (unpaired) electrons. The maximum absolute atomic E-state index is 11.8. The second-order valence-electron chi connectivity index (χ2n) is 4.30. The van der Waals surface area contributed by atoms with Gasteiger partial charge in [0, 0.05) is 17.8 Å². The van der Waals surface area contributed by atoms with Gasteiger partial charge < -0.3 is 9.73 Å². The van der Waals surface area contributed by atoms with Crippen LogP contribution in [0.15, 0.2) is 28.2 Å². The number of amides is 1. The maximum Gasteiger partial charge on any atom is 0.227 e. The van der Waals surface area contributed by atoms with Crippen molar-refractivity contribution in [2.24, 2.45) is 0 Å². The minimum atomic E-state index is -0.0328. The molecule has 6 heteroatoms. The van der Waals surface area contributed by atoms with Crippen LogP contribution in [0.2, 0.25) is 0 Å². The lowest BCUT2D eigenvalue weighted by molar-refractivity contribution is -0.121. The third-order valence-corrected chi connectivity index (χ3v) is 3.71. The van der Waals surface area contributed by atoms with Crippen LogP contribution in [0.5, 0.6) is 0 Å². The molecule has 1 amide bonds. The average molecular weight is 299 g/mol. The molecule has 0 saturated heterocycles. The van der Waals surface area contributed by atoms with Gasteiger partial charge >= 0.3 is 0 Å². The van der Waals surface area contributed by atoms with Crippen LogP contribution in [0.1, 0.15) is 23.4 Å². The van der Waals surface area contributed by atoms with Crippen LogP contribution in [-0.4, -0.2) is 16.9 Å². The minimum Gasteiger partial charge on any atom is -0.469 e. The number of rotatable bonds is 6. The van der Waals surface area contributed by atoms with Gasteiger partial charge in [-0.25, -0.2) is 4.98 Å². The van der Waals surface area contributed by atoms with E-state index in [0.29, 0.717) is 18.7 Å². The van der Waals surface area contributed by atoms with E-state index < -0.39 is 0 Å². The Morgan fingerprint density at radius 2 is 2.47 bits per heavy atom. The van der Waals surface area contributed by atoms with Gasteiger partial charge in [-0.15, -0.1) is 22.9 Å². The molecule has 1 atom stereocenters. The number of hydrogen-bond acceptors (Lipinski definition) is 4. The standard InChI is InChI=1S/C13H15ClN2O2S/c1-9(5-11-3-2-4-18-11)15-12(17)6-13-16-10(7-14)8-19-13/h2-4,8-9H,5-7H2,1H3,(H,15,17). The summed E-state index contributed by atoms with van der Waals surface area (Å²) in [4.78, 5) is 16.1. The number of furan rings is 1. The molecule has 2 aromatic heterocycles. The quantitative estimate of drug-likeness (QED) is 0.834. The average Bonchev–Trinajstić information content (AvgIpc) is 3.00. The number of carbonyl (C=O) groups excluding carboxylic acids is 1. The number of carbonyl (C=O) groups is 1. The van der Waals surface area contributed by atoms with Crippen molar-refractivity contribution in [1.29, 1.82) is 0 Å². The summed E-state index contributed by atoms with van der Waals surface area (Å²) in [7, 11) is 0. The molecule has 102 valence electrons. The zero-order valence-corrected chi connectivity index (χ0v) is 12.1. The topological polar surface area (TPSA) is 55.1 Å². The lowest BCUT2D eigenvalue weighted by Crippen LogP contribution is -2.35. The van der Waals surface area contributed by atoms with E-state index in [4.69, 9.17) is 16.0 Å². The van der Waals surface area contributed by atoms with Crippen LogP contribution in [0, 0.1) is 0 Å². The van der Waals surface area contributed by atoms with Crippen LogP contribution in [-0.2, 0) is 23.5 Å². The minimum absolute atomic E-state index is 0.0328. The molecule has 0 aliphatic heterocycles. The molecule has 1 N–H and O–H groups in total. The summed E-state index contributed by atoms with van der Waals surface area (Å²) in [6.45, 7) is 1.95. The van der Waals surface area contributed by atoms with Gasteiger partial charge in [0.15, 0.2) is 0 Å². The molecule has 1 unspecified atom stereocenters. The predicted octanol–water partition coefficient (Wildman–Crippen LogP) is 2.76. The van der Waals surface area contributed by atoms with Crippen LogP contribution < -0.4 is 5.32 Å². The highest BCUT2D eigenvalue weighted by Crippen LogP contribution is 2.12. The fraction of sp³-hybridized carbons (Fsp3) is 0.385. The van der Waals surface area contributed by atoms with E-state index in [9.17, 15) is 4.79 Å². The highest BCUT2D eigenvalue weighted by atomic mass is 35.5. The smallest absolute Gasteiger partial charge is 0.227 e. The van der Waals surface area contributed by atoms with Crippen LogP contribution in [0.3, 0.4) is 0 Å². The van der Waals surface area contributed by atoms with Crippen molar-refractivity contribution < 1.29 is 9.21 Å². The Morgan fingerprint density at radius 3 is 3.11 bits per heavy atom. The predicted molar refractivity (Wildman–Crippen MR) is 75.4 cm³/mol. The Bertz CT molecular complexity index is 524. The Balaban J connectivity index is 1.80. The third-order valence-electron chi connectivity index (χ3n) is 2.54. The second-order valence-corrected chi connectivity index (χ2v) is 5.50. The summed E-state index contributed by atoms with van der Waals surface area (Å²) in [5.74, 6) is 1.22. The van der Waals surface area contributed by atoms with Gasteiger partial charge in [0.05, 0.1) is 24.3 Å². The first-order chi connectivity index (χ1) is 9.17. The van der Waals surface area contributed by atoms with E-state index in [-0.39, 0.29) is 11.9 Å². The van der Waals surface area contributed by atoms with Crippen LogP contribution >= 0.6 is 22.9 Å². The molecule has 0 aliphatic rings. The van der Waals surface area contributed by atoms with Crippen molar-refractivity contribution in [3.63, 3.8) is 0 Å². The van der Waals surface area contributed by atoms with E-state index in [0.717, 1.165) is 16.5 Å². The number of alkyl halides is 1.